The Morgan fingerprint density at radius 3 is 2.42 bits per heavy atom. The SMILES string of the molecule is COc1ccc(-c2cc(Nc3ccc(N)cc3)ncn2)c(OC)c1. The molecule has 0 unspecified atom stereocenters. The summed E-state index contributed by atoms with van der Waals surface area (Å²) in [6, 6.07) is 14.9. The summed E-state index contributed by atoms with van der Waals surface area (Å²) < 4.78 is 10.7. The lowest BCUT2D eigenvalue weighted by molar-refractivity contribution is 0.395. The van der Waals surface area contributed by atoms with Gasteiger partial charge in [0.05, 0.1) is 19.9 Å². The third-order valence-electron chi connectivity index (χ3n) is 3.53. The zero-order valence-corrected chi connectivity index (χ0v) is 13.5. The van der Waals surface area contributed by atoms with Crippen molar-refractivity contribution in [2.75, 3.05) is 25.3 Å². The maximum absolute atomic E-state index is 5.70. The highest BCUT2D eigenvalue weighted by molar-refractivity contribution is 5.71. The minimum Gasteiger partial charge on any atom is -0.497 e. The van der Waals surface area contributed by atoms with Gasteiger partial charge >= 0.3 is 0 Å². The third-order valence-corrected chi connectivity index (χ3v) is 3.53. The van der Waals surface area contributed by atoms with Crippen LogP contribution in [0.25, 0.3) is 11.3 Å². The predicted molar refractivity (Wildman–Crippen MR) is 94.7 cm³/mol. The Balaban J connectivity index is 1.91. The van der Waals surface area contributed by atoms with E-state index in [1.165, 1.54) is 6.33 Å². The number of ether oxygens (including phenoxy) is 2. The van der Waals surface area contributed by atoms with E-state index in [1.807, 2.05) is 48.5 Å². The lowest BCUT2D eigenvalue weighted by Crippen LogP contribution is -1.97. The second-order valence-electron chi connectivity index (χ2n) is 5.10. The lowest BCUT2D eigenvalue weighted by Gasteiger charge is -2.11. The Hall–Kier alpha value is -3.28. The number of nitrogens with two attached hydrogens (primary N) is 1. The number of nitrogens with one attached hydrogen (secondary N) is 1. The Bertz CT molecular complexity index is 835. The standard InChI is InChI=1S/C18H18N4O2/c1-23-14-7-8-15(17(9-14)24-2)16-10-18(21-11-20-16)22-13-5-3-12(19)4-6-13/h3-11H,19H2,1-2H3,(H,20,21,22). The van der Waals surface area contributed by atoms with Crippen molar-refractivity contribution in [2.24, 2.45) is 0 Å². The number of nitrogens with zero attached hydrogens (tertiary/aromatic N) is 2. The van der Waals surface area contributed by atoms with Crippen LogP contribution in [0.15, 0.2) is 54.9 Å². The Kier molecular flexibility index (Phi) is 4.47. The van der Waals surface area contributed by atoms with Gasteiger partial charge in [0, 0.05) is 29.1 Å². The van der Waals surface area contributed by atoms with E-state index in [1.54, 1.807) is 14.2 Å². The number of anilines is 3. The van der Waals surface area contributed by atoms with Gasteiger partial charge in [-0.3, -0.25) is 0 Å². The van der Waals surface area contributed by atoms with Gasteiger partial charge in [0.15, 0.2) is 0 Å². The van der Waals surface area contributed by atoms with Crippen LogP contribution >= 0.6 is 0 Å². The maximum Gasteiger partial charge on any atom is 0.134 e. The second kappa shape index (κ2) is 6.87. The average molecular weight is 322 g/mol. The molecule has 3 rings (SSSR count). The zero-order chi connectivity index (χ0) is 16.9. The van der Waals surface area contributed by atoms with E-state index in [0.717, 1.165) is 22.7 Å². The minimum atomic E-state index is 0.683. The normalized spacial score (nSPS) is 10.2. The molecule has 3 aromatic rings. The van der Waals surface area contributed by atoms with E-state index in [-0.39, 0.29) is 0 Å². The number of aromatic nitrogens is 2. The van der Waals surface area contributed by atoms with Gasteiger partial charge in [-0.1, -0.05) is 0 Å². The molecule has 0 aliphatic carbocycles. The van der Waals surface area contributed by atoms with Crippen LogP contribution in [0.4, 0.5) is 17.2 Å². The first-order valence-electron chi connectivity index (χ1n) is 7.36. The molecule has 6 nitrogen and oxygen atoms in total. The first kappa shape index (κ1) is 15.6. The molecule has 1 heterocycles. The van der Waals surface area contributed by atoms with Crippen LogP contribution in [0, 0.1) is 0 Å². The zero-order valence-electron chi connectivity index (χ0n) is 13.5. The topological polar surface area (TPSA) is 82.3 Å². The van der Waals surface area contributed by atoms with Crippen LogP contribution in [-0.2, 0) is 0 Å². The van der Waals surface area contributed by atoms with Crippen LogP contribution in [0.3, 0.4) is 0 Å². The fourth-order valence-corrected chi connectivity index (χ4v) is 2.30. The van der Waals surface area contributed by atoms with Gasteiger partial charge in [0.1, 0.15) is 23.6 Å². The molecule has 0 aliphatic heterocycles. The number of nitrogen functional groups attached to an aromatic ring is 1. The highest BCUT2D eigenvalue weighted by Crippen LogP contribution is 2.33. The van der Waals surface area contributed by atoms with E-state index >= 15 is 0 Å². The molecule has 122 valence electrons. The van der Waals surface area contributed by atoms with Crippen molar-refractivity contribution in [3.63, 3.8) is 0 Å². The summed E-state index contributed by atoms with van der Waals surface area (Å²) in [6.45, 7) is 0. The van der Waals surface area contributed by atoms with Gasteiger partial charge < -0.3 is 20.5 Å². The minimum absolute atomic E-state index is 0.683. The molecule has 0 saturated carbocycles. The third kappa shape index (κ3) is 3.38. The highest BCUT2D eigenvalue weighted by atomic mass is 16.5. The van der Waals surface area contributed by atoms with Gasteiger partial charge in [-0.2, -0.15) is 0 Å². The van der Waals surface area contributed by atoms with E-state index in [2.05, 4.69) is 15.3 Å². The molecule has 0 radical (unpaired) electrons. The molecule has 0 spiro atoms. The Labute approximate surface area is 140 Å². The fourth-order valence-electron chi connectivity index (χ4n) is 2.30. The van der Waals surface area contributed by atoms with Crippen molar-refractivity contribution in [1.82, 2.24) is 9.97 Å². The summed E-state index contributed by atoms with van der Waals surface area (Å²) in [5.41, 5.74) is 8.93. The van der Waals surface area contributed by atoms with Gasteiger partial charge in [-0.15, -0.1) is 0 Å². The quantitative estimate of drug-likeness (QED) is 0.700. The van der Waals surface area contributed by atoms with Crippen molar-refractivity contribution in [3.8, 4) is 22.8 Å². The van der Waals surface area contributed by atoms with Gasteiger partial charge in [-0.25, -0.2) is 9.97 Å². The van der Waals surface area contributed by atoms with E-state index in [4.69, 9.17) is 15.2 Å². The summed E-state index contributed by atoms with van der Waals surface area (Å²) in [7, 11) is 3.24. The first-order chi connectivity index (χ1) is 11.7. The maximum atomic E-state index is 5.70. The molecule has 3 N–H and O–H groups in total. The molecular formula is C18H18N4O2. The monoisotopic (exact) mass is 322 g/mol. The molecule has 2 aromatic carbocycles. The molecule has 6 heteroatoms. The number of benzene rings is 2. The van der Waals surface area contributed by atoms with E-state index < -0.39 is 0 Å². The molecule has 1 aromatic heterocycles. The number of methoxy groups -OCH3 is 2. The van der Waals surface area contributed by atoms with Crippen molar-refractivity contribution in [2.45, 2.75) is 0 Å². The van der Waals surface area contributed by atoms with Crippen molar-refractivity contribution < 1.29 is 9.47 Å². The smallest absolute Gasteiger partial charge is 0.134 e. The second-order valence-corrected chi connectivity index (χ2v) is 5.10. The number of rotatable bonds is 5. The lowest BCUT2D eigenvalue weighted by atomic mass is 10.1. The van der Waals surface area contributed by atoms with Crippen LogP contribution in [0.2, 0.25) is 0 Å². The van der Waals surface area contributed by atoms with Gasteiger partial charge in [0.2, 0.25) is 0 Å². The first-order valence-corrected chi connectivity index (χ1v) is 7.36. The van der Waals surface area contributed by atoms with Gasteiger partial charge in [0.25, 0.3) is 0 Å². The Morgan fingerprint density at radius 1 is 0.917 bits per heavy atom. The molecular weight excluding hydrogens is 304 g/mol. The van der Waals surface area contributed by atoms with Gasteiger partial charge in [-0.05, 0) is 36.4 Å². The molecule has 0 atom stereocenters. The number of hydrogen-bond donors (Lipinski definition) is 2. The molecule has 0 amide bonds. The fraction of sp³-hybridized carbons (Fsp3) is 0.111. The van der Waals surface area contributed by atoms with E-state index in [9.17, 15) is 0 Å². The largest absolute Gasteiger partial charge is 0.497 e. The van der Waals surface area contributed by atoms with Crippen molar-refractivity contribution in [1.29, 1.82) is 0 Å². The molecule has 0 saturated heterocycles. The van der Waals surface area contributed by atoms with Crippen molar-refractivity contribution in [3.05, 3.63) is 54.9 Å². The summed E-state index contributed by atoms with van der Waals surface area (Å²) in [4.78, 5) is 8.59. The summed E-state index contributed by atoms with van der Waals surface area (Å²) in [6.07, 6.45) is 1.51. The molecule has 24 heavy (non-hydrogen) atoms. The molecule has 0 bridgehead atoms. The number of hydrogen-bond acceptors (Lipinski definition) is 6. The summed E-state index contributed by atoms with van der Waals surface area (Å²) in [5, 5.41) is 3.23. The highest BCUT2D eigenvalue weighted by Gasteiger charge is 2.10. The van der Waals surface area contributed by atoms with E-state index in [0.29, 0.717) is 17.3 Å². The Morgan fingerprint density at radius 2 is 1.71 bits per heavy atom. The van der Waals surface area contributed by atoms with Crippen LogP contribution in [0.1, 0.15) is 0 Å². The predicted octanol–water partition coefficient (Wildman–Crippen LogP) is 3.49. The summed E-state index contributed by atoms with van der Waals surface area (Å²) >= 11 is 0. The molecule has 0 fully saturated rings. The van der Waals surface area contributed by atoms with Crippen LogP contribution in [-0.4, -0.2) is 24.2 Å². The molecule has 0 aliphatic rings. The van der Waals surface area contributed by atoms with Crippen LogP contribution in [0.5, 0.6) is 11.5 Å². The average Bonchev–Trinajstić information content (AvgIpc) is 2.63. The summed E-state index contributed by atoms with van der Waals surface area (Å²) in [5.74, 6) is 2.10. The van der Waals surface area contributed by atoms with Crippen molar-refractivity contribution >= 4 is 17.2 Å². The van der Waals surface area contributed by atoms with Crippen LogP contribution < -0.4 is 20.5 Å².